The Morgan fingerprint density at radius 3 is 2.50 bits per heavy atom. The molecule has 0 saturated carbocycles. The van der Waals surface area contributed by atoms with E-state index in [0.29, 0.717) is 24.5 Å². The number of rotatable bonds is 6. The lowest BCUT2D eigenvalue weighted by Crippen LogP contribution is -2.20. The van der Waals surface area contributed by atoms with Gasteiger partial charge < -0.3 is 20.3 Å². The van der Waals surface area contributed by atoms with E-state index in [9.17, 15) is 5.11 Å². The summed E-state index contributed by atoms with van der Waals surface area (Å²) >= 11 is 0. The van der Waals surface area contributed by atoms with E-state index in [1.165, 1.54) is 0 Å². The molecule has 4 heteroatoms. The Bertz CT molecular complexity index is 328. The average molecular weight is 225 g/mol. The van der Waals surface area contributed by atoms with Crippen molar-refractivity contribution < 1.29 is 14.6 Å². The molecule has 0 fully saturated rings. The first kappa shape index (κ1) is 12.8. The lowest BCUT2D eigenvalue weighted by atomic mass is 10.1. The number of aryl methyl sites for hydroxylation is 1. The molecule has 4 nitrogen and oxygen atoms in total. The molecule has 0 aliphatic carbocycles. The summed E-state index contributed by atoms with van der Waals surface area (Å²) in [6, 6.07) is 5.75. The first-order valence-electron chi connectivity index (χ1n) is 5.30. The van der Waals surface area contributed by atoms with Crippen LogP contribution in [0, 0.1) is 0 Å². The fraction of sp³-hybridized carbons (Fsp3) is 0.500. The first-order valence-corrected chi connectivity index (χ1v) is 5.30. The summed E-state index contributed by atoms with van der Waals surface area (Å²) in [5, 5.41) is 9.37. The molecule has 3 N–H and O–H groups in total. The molecule has 0 saturated heterocycles. The smallest absolute Gasteiger partial charge is 0.160 e. The van der Waals surface area contributed by atoms with E-state index in [1.807, 2.05) is 18.2 Å². The van der Waals surface area contributed by atoms with Crippen molar-refractivity contribution in [3.05, 3.63) is 23.8 Å². The highest BCUT2D eigenvalue weighted by atomic mass is 16.5. The predicted octanol–water partition coefficient (Wildman–Crippen LogP) is 0.956. The van der Waals surface area contributed by atoms with Gasteiger partial charge in [0.05, 0.1) is 20.3 Å². The highest BCUT2D eigenvalue weighted by Gasteiger charge is 2.06. The van der Waals surface area contributed by atoms with E-state index in [0.717, 1.165) is 12.0 Å². The van der Waals surface area contributed by atoms with Crippen LogP contribution in [0.3, 0.4) is 0 Å². The lowest BCUT2D eigenvalue weighted by Gasteiger charge is -2.11. The maximum atomic E-state index is 9.37. The number of methoxy groups -OCH3 is 2. The largest absolute Gasteiger partial charge is 0.493 e. The molecule has 0 radical (unpaired) electrons. The molecule has 0 spiro atoms. The van der Waals surface area contributed by atoms with Crippen LogP contribution in [-0.4, -0.2) is 32.0 Å². The Morgan fingerprint density at radius 2 is 1.94 bits per heavy atom. The van der Waals surface area contributed by atoms with Crippen molar-refractivity contribution in [2.45, 2.75) is 18.9 Å². The second-order valence-corrected chi connectivity index (χ2v) is 3.62. The molecular weight excluding hydrogens is 206 g/mol. The van der Waals surface area contributed by atoms with Gasteiger partial charge in [0.2, 0.25) is 0 Å². The van der Waals surface area contributed by atoms with Crippen LogP contribution in [0.2, 0.25) is 0 Å². The zero-order valence-corrected chi connectivity index (χ0v) is 9.77. The van der Waals surface area contributed by atoms with Crippen molar-refractivity contribution in [3.8, 4) is 11.5 Å². The van der Waals surface area contributed by atoms with Gasteiger partial charge in [-0.3, -0.25) is 0 Å². The fourth-order valence-electron chi connectivity index (χ4n) is 1.49. The van der Waals surface area contributed by atoms with E-state index < -0.39 is 6.10 Å². The Morgan fingerprint density at radius 1 is 1.25 bits per heavy atom. The van der Waals surface area contributed by atoms with Gasteiger partial charge in [-0.2, -0.15) is 0 Å². The third-order valence-corrected chi connectivity index (χ3v) is 2.49. The quantitative estimate of drug-likeness (QED) is 0.756. The van der Waals surface area contributed by atoms with Crippen molar-refractivity contribution in [2.75, 3.05) is 20.8 Å². The van der Waals surface area contributed by atoms with Gasteiger partial charge >= 0.3 is 0 Å². The van der Waals surface area contributed by atoms with E-state index in [4.69, 9.17) is 15.2 Å². The second-order valence-electron chi connectivity index (χ2n) is 3.62. The van der Waals surface area contributed by atoms with Crippen molar-refractivity contribution in [2.24, 2.45) is 5.73 Å². The molecule has 0 aliphatic heterocycles. The molecule has 1 rings (SSSR count). The molecule has 0 heterocycles. The zero-order valence-electron chi connectivity index (χ0n) is 9.77. The Hall–Kier alpha value is -1.26. The van der Waals surface area contributed by atoms with Gasteiger partial charge in [-0.05, 0) is 30.5 Å². The summed E-state index contributed by atoms with van der Waals surface area (Å²) in [5.74, 6) is 1.42. The summed E-state index contributed by atoms with van der Waals surface area (Å²) in [6.45, 7) is 0.299. The van der Waals surface area contributed by atoms with Crippen molar-refractivity contribution in [1.29, 1.82) is 0 Å². The van der Waals surface area contributed by atoms with Gasteiger partial charge in [0, 0.05) is 6.54 Å². The number of aliphatic hydroxyl groups is 1. The monoisotopic (exact) mass is 225 g/mol. The number of hydrogen-bond donors (Lipinski definition) is 2. The van der Waals surface area contributed by atoms with E-state index in [-0.39, 0.29) is 0 Å². The molecule has 1 aromatic rings. The first-order chi connectivity index (χ1) is 7.71. The van der Waals surface area contributed by atoms with Crippen LogP contribution in [0.25, 0.3) is 0 Å². The number of aliphatic hydroxyl groups excluding tert-OH is 1. The van der Waals surface area contributed by atoms with Gasteiger partial charge in [0.1, 0.15) is 0 Å². The van der Waals surface area contributed by atoms with Crippen molar-refractivity contribution >= 4 is 0 Å². The molecule has 16 heavy (non-hydrogen) atoms. The highest BCUT2D eigenvalue weighted by molar-refractivity contribution is 5.42. The van der Waals surface area contributed by atoms with Crippen molar-refractivity contribution in [1.82, 2.24) is 0 Å². The van der Waals surface area contributed by atoms with E-state index in [1.54, 1.807) is 14.2 Å². The number of benzene rings is 1. The number of hydrogen-bond acceptors (Lipinski definition) is 4. The molecule has 1 atom stereocenters. The predicted molar refractivity (Wildman–Crippen MR) is 62.9 cm³/mol. The highest BCUT2D eigenvalue weighted by Crippen LogP contribution is 2.27. The summed E-state index contributed by atoms with van der Waals surface area (Å²) < 4.78 is 10.3. The third kappa shape index (κ3) is 3.40. The minimum absolute atomic E-state index is 0.299. The summed E-state index contributed by atoms with van der Waals surface area (Å²) in [7, 11) is 3.21. The lowest BCUT2D eigenvalue weighted by molar-refractivity contribution is 0.173. The molecule has 90 valence electrons. The number of nitrogens with two attached hydrogens (primary N) is 1. The SMILES string of the molecule is COc1ccc(CCC(O)CN)cc1OC. The normalized spacial score (nSPS) is 12.2. The maximum Gasteiger partial charge on any atom is 0.160 e. The van der Waals surface area contributed by atoms with Gasteiger partial charge in [-0.15, -0.1) is 0 Å². The van der Waals surface area contributed by atoms with Crippen molar-refractivity contribution in [3.63, 3.8) is 0 Å². The van der Waals surface area contributed by atoms with Crippen LogP contribution in [0.4, 0.5) is 0 Å². The summed E-state index contributed by atoms with van der Waals surface area (Å²) in [6.07, 6.45) is 0.998. The van der Waals surface area contributed by atoms with Crippen LogP contribution >= 0.6 is 0 Å². The van der Waals surface area contributed by atoms with Crippen LogP contribution in [-0.2, 0) is 6.42 Å². The van der Waals surface area contributed by atoms with Gasteiger partial charge in [0.25, 0.3) is 0 Å². The van der Waals surface area contributed by atoms with E-state index in [2.05, 4.69) is 0 Å². The molecule has 0 aliphatic rings. The molecule has 0 aromatic heterocycles. The molecular formula is C12H19NO3. The van der Waals surface area contributed by atoms with Gasteiger partial charge in [-0.25, -0.2) is 0 Å². The Balaban J connectivity index is 2.67. The van der Waals surface area contributed by atoms with Crippen LogP contribution in [0.1, 0.15) is 12.0 Å². The Labute approximate surface area is 96.0 Å². The average Bonchev–Trinajstić information content (AvgIpc) is 2.35. The maximum absolute atomic E-state index is 9.37. The zero-order chi connectivity index (χ0) is 12.0. The van der Waals surface area contributed by atoms with E-state index >= 15 is 0 Å². The second kappa shape index (κ2) is 6.35. The molecule has 1 unspecified atom stereocenters. The summed E-state index contributed by atoms with van der Waals surface area (Å²) in [5.41, 5.74) is 6.45. The topological polar surface area (TPSA) is 64.7 Å². The fourth-order valence-corrected chi connectivity index (χ4v) is 1.49. The molecule has 0 amide bonds. The third-order valence-electron chi connectivity index (χ3n) is 2.49. The van der Waals surface area contributed by atoms with Crippen LogP contribution in [0.15, 0.2) is 18.2 Å². The minimum atomic E-state index is -0.437. The molecule has 1 aromatic carbocycles. The summed E-state index contributed by atoms with van der Waals surface area (Å²) in [4.78, 5) is 0. The van der Waals surface area contributed by atoms with Crippen LogP contribution in [0.5, 0.6) is 11.5 Å². The standard InChI is InChI=1S/C12H19NO3/c1-15-11-6-4-9(7-12(11)16-2)3-5-10(14)8-13/h4,6-7,10,14H,3,5,8,13H2,1-2H3. The van der Waals surface area contributed by atoms with Gasteiger partial charge in [0.15, 0.2) is 11.5 Å². The minimum Gasteiger partial charge on any atom is -0.493 e. The van der Waals surface area contributed by atoms with Gasteiger partial charge in [-0.1, -0.05) is 6.07 Å². The Kier molecular flexibility index (Phi) is 5.08. The molecule has 0 bridgehead atoms. The van der Waals surface area contributed by atoms with Crippen LogP contribution < -0.4 is 15.2 Å². The number of ether oxygens (including phenoxy) is 2.